The van der Waals surface area contributed by atoms with Crippen LogP contribution in [0.25, 0.3) is 0 Å². The molecule has 0 aromatic heterocycles. The number of ether oxygens (including phenoxy) is 1. The molecule has 0 radical (unpaired) electrons. The van der Waals surface area contributed by atoms with Gasteiger partial charge in [0.1, 0.15) is 5.75 Å². The van der Waals surface area contributed by atoms with Gasteiger partial charge in [-0.05, 0) is 24.1 Å². The topological polar surface area (TPSA) is 81.5 Å². The largest absolute Gasteiger partial charge is 0.481 e. The van der Waals surface area contributed by atoms with Gasteiger partial charge in [0.25, 0.3) is 11.6 Å². The van der Waals surface area contributed by atoms with Gasteiger partial charge < -0.3 is 10.1 Å². The summed E-state index contributed by atoms with van der Waals surface area (Å²) in [5.74, 6) is -0.0444. The summed E-state index contributed by atoms with van der Waals surface area (Å²) >= 11 is 0. The third kappa shape index (κ3) is 4.73. The Morgan fingerprint density at radius 2 is 1.50 bits per heavy atom. The highest BCUT2D eigenvalue weighted by Gasteiger charge is 2.22. The molecule has 1 N–H and O–H groups in total. The molecule has 0 saturated heterocycles. The van der Waals surface area contributed by atoms with Gasteiger partial charge in [-0.15, -0.1) is 0 Å². The lowest BCUT2D eigenvalue weighted by Crippen LogP contribution is -2.39. The minimum Gasteiger partial charge on any atom is -0.481 e. The van der Waals surface area contributed by atoms with Gasteiger partial charge in [-0.2, -0.15) is 0 Å². The first-order chi connectivity index (χ1) is 13.5. The van der Waals surface area contributed by atoms with E-state index in [0.717, 1.165) is 11.1 Å². The van der Waals surface area contributed by atoms with Gasteiger partial charge in [0.15, 0.2) is 6.10 Å². The van der Waals surface area contributed by atoms with Crippen LogP contribution < -0.4 is 10.1 Å². The molecule has 0 aliphatic heterocycles. The van der Waals surface area contributed by atoms with Gasteiger partial charge in [-0.3, -0.25) is 14.9 Å². The van der Waals surface area contributed by atoms with E-state index in [9.17, 15) is 14.9 Å². The second-order valence-electron chi connectivity index (χ2n) is 6.28. The molecule has 3 aromatic carbocycles. The second kappa shape index (κ2) is 8.81. The molecule has 3 rings (SSSR count). The molecule has 0 saturated carbocycles. The molecule has 3 aromatic rings. The van der Waals surface area contributed by atoms with Crippen molar-refractivity contribution in [2.75, 3.05) is 0 Å². The van der Waals surface area contributed by atoms with Crippen LogP contribution in [0.5, 0.6) is 5.75 Å². The zero-order valence-corrected chi connectivity index (χ0v) is 15.3. The number of non-ortho nitro benzene ring substituents is 1. The van der Waals surface area contributed by atoms with E-state index in [0.29, 0.717) is 0 Å². The predicted octanol–water partition coefficient (Wildman–Crippen LogP) is 4.27. The van der Waals surface area contributed by atoms with E-state index in [2.05, 4.69) is 5.32 Å². The third-order valence-electron chi connectivity index (χ3n) is 4.26. The first-order valence-electron chi connectivity index (χ1n) is 8.86. The van der Waals surface area contributed by atoms with Crippen molar-refractivity contribution < 1.29 is 14.5 Å². The SMILES string of the molecule is C[C@H](Oc1cccc([N+](=O)[O-])c1)C(=O)NC(c1ccccc1)c1ccccc1. The number of carbonyl (C=O) groups excluding carboxylic acids is 1. The molecule has 0 bridgehead atoms. The fourth-order valence-corrected chi connectivity index (χ4v) is 2.84. The maximum Gasteiger partial charge on any atom is 0.273 e. The fraction of sp³-hybridized carbons (Fsp3) is 0.136. The van der Waals surface area contributed by atoms with E-state index >= 15 is 0 Å². The number of amides is 1. The summed E-state index contributed by atoms with van der Waals surface area (Å²) in [6, 6.07) is 24.8. The lowest BCUT2D eigenvalue weighted by atomic mass is 9.98. The van der Waals surface area contributed by atoms with Gasteiger partial charge in [0, 0.05) is 6.07 Å². The minimum atomic E-state index is -0.822. The molecule has 28 heavy (non-hydrogen) atoms. The van der Waals surface area contributed by atoms with Crippen LogP contribution in [0.15, 0.2) is 84.9 Å². The van der Waals surface area contributed by atoms with Crippen LogP contribution >= 0.6 is 0 Å². The first-order valence-corrected chi connectivity index (χ1v) is 8.86. The highest BCUT2D eigenvalue weighted by molar-refractivity contribution is 5.81. The summed E-state index contributed by atoms with van der Waals surface area (Å²) in [5.41, 5.74) is 1.81. The number of hydrogen-bond donors (Lipinski definition) is 1. The molecule has 142 valence electrons. The number of carbonyl (C=O) groups is 1. The maximum absolute atomic E-state index is 12.8. The van der Waals surface area contributed by atoms with E-state index in [-0.39, 0.29) is 23.4 Å². The number of nitrogens with zero attached hydrogens (tertiary/aromatic N) is 1. The molecule has 6 nitrogen and oxygen atoms in total. The molecule has 0 heterocycles. The Hall–Kier alpha value is -3.67. The fourth-order valence-electron chi connectivity index (χ4n) is 2.84. The highest BCUT2D eigenvalue weighted by atomic mass is 16.6. The number of rotatable bonds is 7. The monoisotopic (exact) mass is 376 g/mol. The molecule has 0 aliphatic rings. The Labute approximate surface area is 162 Å². The number of nitro groups is 1. The summed E-state index contributed by atoms with van der Waals surface area (Å²) in [5, 5.41) is 13.9. The van der Waals surface area contributed by atoms with Crippen molar-refractivity contribution in [3.8, 4) is 5.75 Å². The summed E-state index contributed by atoms with van der Waals surface area (Å²) in [6.07, 6.45) is -0.822. The van der Waals surface area contributed by atoms with Gasteiger partial charge in [0.05, 0.1) is 17.0 Å². The maximum atomic E-state index is 12.8. The number of hydrogen-bond acceptors (Lipinski definition) is 4. The molecule has 0 fully saturated rings. The van der Waals surface area contributed by atoms with Crippen LogP contribution in [-0.2, 0) is 4.79 Å². The predicted molar refractivity (Wildman–Crippen MR) is 106 cm³/mol. The van der Waals surface area contributed by atoms with Crippen LogP contribution in [0.4, 0.5) is 5.69 Å². The Bertz CT molecular complexity index is 906. The molecule has 0 unspecified atom stereocenters. The quantitative estimate of drug-likeness (QED) is 0.493. The molecule has 0 aliphatic carbocycles. The van der Waals surface area contributed by atoms with Crippen molar-refractivity contribution in [2.24, 2.45) is 0 Å². The van der Waals surface area contributed by atoms with Crippen molar-refractivity contribution in [1.82, 2.24) is 5.32 Å². The second-order valence-corrected chi connectivity index (χ2v) is 6.28. The van der Waals surface area contributed by atoms with Crippen molar-refractivity contribution in [3.63, 3.8) is 0 Å². The molecule has 1 amide bonds. The van der Waals surface area contributed by atoms with Gasteiger partial charge in [0.2, 0.25) is 0 Å². The van der Waals surface area contributed by atoms with Gasteiger partial charge in [-0.1, -0.05) is 66.7 Å². The smallest absolute Gasteiger partial charge is 0.273 e. The highest BCUT2D eigenvalue weighted by Crippen LogP contribution is 2.23. The average molecular weight is 376 g/mol. The van der Waals surface area contributed by atoms with E-state index < -0.39 is 11.0 Å². The standard InChI is InChI=1S/C22H20N2O4/c1-16(28-20-14-8-13-19(15-20)24(26)27)22(25)23-21(17-9-4-2-5-10-17)18-11-6-3-7-12-18/h2-16,21H,1H3,(H,23,25)/t16-/m0/s1. The van der Waals surface area contributed by atoms with E-state index in [1.807, 2.05) is 60.7 Å². The molecule has 6 heteroatoms. The molecule has 0 spiro atoms. The van der Waals surface area contributed by atoms with Gasteiger partial charge >= 0.3 is 0 Å². The van der Waals surface area contributed by atoms with Crippen molar-refractivity contribution in [3.05, 3.63) is 106 Å². The third-order valence-corrected chi connectivity index (χ3v) is 4.26. The molecular formula is C22H20N2O4. The molecule has 1 atom stereocenters. The van der Waals surface area contributed by atoms with Crippen molar-refractivity contribution in [2.45, 2.75) is 19.1 Å². The van der Waals surface area contributed by atoms with E-state index in [1.54, 1.807) is 13.0 Å². The lowest BCUT2D eigenvalue weighted by Gasteiger charge is -2.22. The number of nitrogens with one attached hydrogen (secondary N) is 1. The normalized spacial score (nSPS) is 11.6. The average Bonchev–Trinajstić information content (AvgIpc) is 2.73. The summed E-state index contributed by atoms with van der Waals surface area (Å²) in [7, 11) is 0. The van der Waals surface area contributed by atoms with Gasteiger partial charge in [-0.25, -0.2) is 0 Å². The number of nitro benzene ring substituents is 1. The summed E-state index contributed by atoms with van der Waals surface area (Å²) in [6.45, 7) is 1.61. The van der Waals surface area contributed by atoms with Crippen LogP contribution in [0, 0.1) is 10.1 Å². The first kappa shape index (κ1) is 19.1. The Kier molecular flexibility index (Phi) is 6.01. The van der Waals surface area contributed by atoms with Crippen LogP contribution in [0.2, 0.25) is 0 Å². The lowest BCUT2D eigenvalue weighted by molar-refractivity contribution is -0.384. The van der Waals surface area contributed by atoms with Crippen LogP contribution in [0.3, 0.4) is 0 Å². The van der Waals surface area contributed by atoms with Crippen LogP contribution in [-0.4, -0.2) is 16.9 Å². The minimum absolute atomic E-state index is 0.0865. The Morgan fingerprint density at radius 1 is 0.929 bits per heavy atom. The zero-order chi connectivity index (χ0) is 19.9. The molecular weight excluding hydrogens is 356 g/mol. The number of benzene rings is 3. The van der Waals surface area contributed by atoms with Crippen molar-refractivity contribution >= 4 is 11.6 Å². The Morgan fingerprint density at radius 3 is 2.04 bits per heavy atom. The summed E-state index contributed by atoms with van der Waals surface area (Å²) in [4.78, 5) is 23.2. The van der Waals surface area contributed by atoms with Crippen molar-refractivity contribution in [1.29, 1.82) is 0 Å². The summed E-state index contributed by atoms with van der Waals surface area (Å²) < 4.78 is 5.62. The Balaban J connectivity index is 1.76. The zero-order valence-electron chi connectivity index (χ0n) is 15.3. The van der Waals surface area contributed by atoms with E-state index in [4.69, 9.17) is 4.74 Å². The van der Waals surface area contributed by atoms with E-state index in [1.165, 1.54) is 18.2 Å². The van der Waals surface area contributed by atoms with Crippen LogP contribution in [0.1, 0.15) is 24.1 Å².